The molecule has 1 nitrogen and oxygen atoms in total. The number of rotatable bonds is 7. The molecule has 0 saturated carbocycles. The van der Waals surface area contributed by atoms with Gasteiger partial charge in [0.25, 0.3) is 0 Å². The van der Waals surface area contributed by atoms with Gasteiger partial charge in [0.05, 0.1) is 0 Å². The van der Waals surface area contributed by atoms with Crippen molar-refractivity contribution < 1.29 is 0 Å². The molecule has 0 saturated heterocycles. The molecule has 0 radical (unpaired) electrons. The zero-order valence-electron chi connectivity index (χ0n) is 10.1. The van der Waals surface area contributed by atoms with E-state index in [9.17, 15) is 0 Å². The van der Waals surface area contributed by atoms with Crippen LogP contribution < -0.4 is 5.32 Å². The minimum Gasteiger partial charge on any atom is -0.311 e. The summed E-state index contributed by atoms with van der Waals surface area (Å²) in [6.07, 6.45) is 9.82. The third-order valence-corrected chi connectivity index (χ3v) is 2.55. The highest BCUT2D eigenvalue weighted by Crippen LogP contribution is 2.08. The van der Waals surface area contributed by atoms with E-state index in [0.717, 1.165) is 18.8 Å². The first-order chi connectivity index (χ1) is 6.60. The van der Waals surface area contributed by atoms with Crippen LogP contribution in [-0.4, -0.2) is 12.1 Å². The summed E-state index contributed by atoms with van der Waals surface area (Å²) in [5.74, 6) is 3.52. The van der Waals surface area contributed by atoms with E-state index < -0.39 is 0 Å². The quantitative estimate of drug-likeness (QED) is 0.615. The lowest BCUT2D eigenvalue weighted by molar-refractivity contribution is 0.395. The van der Waals surface area contributed by atoms with Gasteiger partial charge in [0.15, 0.2) is 0 Å². The van der Waals surface area contributed by atoms with Gasteiger partial charge >= 0.3 is 0 Å². The van der Waals surface area contributed by atoms with Gasteiger partial charge in [0.1, 0.15) is 0 Å². The second-order valence-electron chi connectivity index (χ2n) is 4.55. The van der Waals surface area contributed by atoms with Crippen LogP contribution in [0.3, 0.4) is 0 Å². The first-order valence-electron chi connectivity index (χ1n) is 5.79. The van der Waals surface area contributed by atoms with E-state index in [4.69, 9.17) is 6.42 Å². The van der Waals surface area contributed by atoms with E-state index in [-0.39, 0.29) is 0 Å². The highest BCUT2D eigenvalue weighted by Gasteiger charge is 2.09. The van der Waals surface area contributed by atoms with Crippen molar-refractivity contribution in [1.29, 1.82) is 0 Å². The Kier molecular flexibility index (Phi) is 7.61. The average Bonchev–Trinajstić information content (AvgIpc) is 2.14. The Labute approximate surface area is 89.7 Å². The average molecular weight is 195 g/mol. The summed E-state index contributed by atoms with van der Waals surface area (Å²) in [7, 11) is 0. The molecule has 1 heteroatoms. The molecule has 0 aromatic rings. The SMILES string of the molecule is C#CCC(CC)NC(C)CCC(C)C. The first-order valence-corrected chi connectivity index (χ1v) is 5.79. The second-order valence-corrected chi connectivity index (χ2v) is 4.55. The highest BCUT2D eigenvalue weighted by atomic mass is 14.9. The lowest BCUT2D eigenvalue weighted by Gasteiger charge is -2.21. The van der Waals surface area contributed by atoms with Crippen LogP contribution in [0.2, 0.25) is 0 Å². The van der Waals surface area contributed by atoms with Crippen molar-refractivity contribution >= 4 is 0 Å². The summed E-state index contributed by atoms with van der Waals surface area (Å²) < 4.78 is 0. The number of hydrogen-bond acceptors (Lipinski definition) is 1. The van der Waals surface area contributed by atoms with Gasteiger partial charge < -0.3 is 5.32 Å². The van der Waals surface area contributed by atoms with Gasteiger partial charge in [-0.1, -0.05) is 20.8 Å². The second kappa shape index (κ2) is 7.88. The molecule has 0 bridgehead atoms. The Balaban J connectivity index is 3.68. The van der Waals surface area contributed by atoms with Crippen molar-refractivity contribution in [3.8, 4) is 12.3 Å². The molecule has 0 spiro atoms. The molecule has 2 atom stereocenters. The van der Waals surface area contributed by atoms with Crippen molar-refractivity contribution in [3.63, 3.8) is 0 Å². The Morgan fingerprint density at radius 2 is 1.86 bits per heavy atom. The molecule has 0 aliphatic carbocycles. The largest absolute Gasteiger partial charge is 0.311 e. The Morgan fingerprint density at radius 1 is 1.21 bits per heavy atom. The fraction of sp³-hybridized carbons (Fsp3) is 0.846. The van der Waals surface area contributed by atoms with Gasteiger partial charge in [0, 0.05) is 18.5 Å². The fourth-order valence-electron chi connectivity index (χ4n) is 1.53. The van der Waals surface area contributed by atoms with Crippen LogP contribution in [0.5, 0.6) is 0 Å². The standard InChI is InChI=1S/C13H25N/c1-6-8-13(7-2)14-12(5)10-9-11(3)4/h1,11-14H,7-10H2,2-5H3. The van der Waals surface area contributed by atoms with Gasteiger partial charge in [-0.3, -0.25) is 0 Å². The molecule has 0 aliphatic heterocycles. The summed E-state index contributed by atoms with van der Waals surface area (Å²) in [5, 5.41) is 3.58. The van der Waals surface area contributed by atoms with Crippen LogP contribution >= 0.6 is 0 Å². The Morgan fingerprint density at radius 3 is 2.29 bits per heavy atom. The predicted molar refractivity (Wildman–Crippen MR) is 64.2 cm³/mol. The van der Waals surface area contributed by atoms with Gasteiger partial charge in [-0.25, -0.2) is 0 Å². The summed E-state index contributed by atoms with van der Waals surface area (Å²) in [6.45, 7) is 8.97. The van der Waals surface area contributed by atoms with Crippen LogP contribution in [0.15, 0.2) is 0 Å². The molecule has 0 amide bonds. The van der Waals surface area contributed by atoms with Crippen molar-refractivity contribution in [3.05, 3.63) is 0 Å². The van der Waals surface area contributed by atoms with E-state index in [1.54, 1.807) is 0 Å². The zero-order valence-corrected chi connectivity index (χ0v) is 10.1. The van der Waals surface area contributed by atoms with Gasteiger partial charge in [-0.15, -0.1) is 12.3 Å². The molecule has 0 heterocycles. The smallest absolute Gasteiger partial charge is 0.0240 e. The number of terminal acetylenes is 1. The summed E-state index contributed by atoms with van der Waals surface area (Å²) in [6, 6.07) is 1.10. The topological polar surface area (TPSA) is 12.0 Å². The normalized spacial score (nSPS) is 15.1. The van der Waals surface area contributed by atoms with E-state index >= 15 is 0 Å². The molecular formula is C13H25N. The first kappa shape index (κ1) is 13.5. The minimum absolute atomic E-state index is 0.502. The molecule has 82 valence electrons. The molecule has 0 aromatic carbocycles. The molecule has 0 aromatic heterocycles. The molecule has 1 N–H and O–H groups in total. The molecule has 0 rings (SSSR count). The molecule has 2 unspecified atom stereocenters. The zero-order chi connectivity index (χ0) is 11.0. The van der Waals surface area contributed by atoms with Crippen molar-refractivity contribution in [1.82, 2.24) is 5.32 Å². The van der Waals surface area contributed by atoms with Crippen LogP contribution in [0.4, 0.5) is 0 Å². The molecule has 0 aliphatic rings. The van der Waals surface area contributed by atoms with Crippen LogP contribution in [0, 0.1) is 18.3 Å². The maximum Gasteiger partial charge on any atom is 0.0240 e. The summed E-state index contributed by atoms with van der Waals surface area (Å²) in [5.41, 5.74) is 0. The van der Waals surface area contributed by atoms with Gasteiger partial charge in [-0.2, -0.15) is 0 Å². The van der Waals surface area contributed by atoms with Crippen molar-refractivity contribution in [2.24, 2.45) is 5.92 Å². The maximum absolute atomic E-state index is 5.31. The van der Waals surface area contributed by atoms with E-state index in [0.29, 0.717) is 12.1 Å². The van der Waals surface area contributed by atoms with Gasteiger partial charge in [0.2, 0.25) is 0 Å². The van der Waals surface area contributed by atoms with E-state index in [1.165, 1.54) is 12.8 Å². The van der Waals surface area contributed by atoms with Crippen molar-refractivity contribution in [2.45, 2.75) is 65.5 Å². The number of hydrogen-bond donors (Lipinski definition) is 1. The minimum atomic E-state index is 0.502. The van der Waals surface area contributed by atoms with E-state index in [2.05, 4.69) is 38.9 Å². The van der Waals surface area contributed by atoms with Gasteiger partial charge in [-0.05, 0) is 32.1 Å². The Hall–Kier alpha value is -0.480. The Bertz CT molecular complexity index is 167. The molecule has 14 heavy (non-hydrogen) atoms. The maximum atomic E-state index is 5.31. The number of nitrogens with one attached hydrogen (secondary N) is 1. The lowest BCUT2D eigenvalue weighted by atomic mass is 10.0. The third kappa shape index (κ3) is 6.97. The monoisotopic (exact) mass is 195 g/mol. The lowest BCUT2D eigenvalue weighted by Crippen LogP contribution is -2.36. The van der Waals surface area contributed by atoms with E-state index in [1.807, 2.05) is 0 Å². The highest BCUT2D eigenvalue weighted by molar-refractivity contribution is 4.90. The molecular weight excluding hydrogens is 170 g/mol. The third-order valence-electron chi connectivity index (χ3n) is 2.55. The van der Waals surface area contributed by atoms with Crippen LogP contribution in [-0.2, 0) is 0 Å². The fourth-order valence-corrected chi connectivity index (χ4v) is 1.53. The summed E-state index contributed by atoms with van der Waals surface area (Å²) in [4.78, 5) is 0. The van der Waals surface area contributed by atoms with Crippen molar-refractivity contribution in [2.75, 3.05) is 0 Å². The predicted octanol–water partition coefficient (Wildman–Crippen LogP) is 3.20. The van der Waals surface area contributed by atoms with Crippen LogP contribution in [0.1, 0.15) is 53.4 Å². The van der Waals surface area contributed by atoms with Crippen LogP contribution in [0.25, 0.3) is 0 Å². The summed E-state index contributed by atoms with van der Waals surface area (Å²) >= 11 is 0. The molecule has 0 fully saturated rings.